The second-order valence-electron chi connectivity index (χ2n) is 13.5. The van der Waals surface area contributed by atoms with Crippen molar-refractivity contribution in [1.82, 2.24) is 0 Å². The first-order chi connectivity index (χ1) is 19.2. The van der Waals surface area contributed by atoms with Crippen LogP contribution in [0.15, 0.2) is 77.4 Å². The van der Waals surface area contributed by atoms with Gasteiger partial charge in [-0.25, -0.2) is 0 Å². The number of carbonyl (C=O) groups is 1. The molecule has 0 bridgehead atoms. The molecule has 5 aliphatic carbocycles. The molecule has 4 nitrogen and oxygen atoms in total. The summed E-state index contributed by atoms with van der Waals surface area (Å²) >= 11 is 0. The van der Waals surface area contributed by atoms with Crippen molar-refractivity contribution in [3.63, 3.8) is 0 Å². The van der Waals surface area contributed by atoms with E-state index in [9.17, 15) is 15.0 Å². The Morgan fingerprint density at radius 3 is 2.55 bits per heavy atom. The molecule has 1 spiro atoms. The molecule has 0 aromatic heterocycles. The van der Waals surface area contributed by atoms with Crippen LogP contribution in [0.2, 0.25) is 0 Å². The summed E-state index contributed by atoms with van der Waals surface area (Å²) in [6.07, 6.45) is 12.7. The highest BCUT2D eigenvalue weighted by Gasteiger charge is 2.63. The summed E-state index contributed by atoms with van der Waals surface area (Å²) < 4.78 is 0. The molecule has 40 heavy (non-hydrogen) atoms. The van der Waals surface area contributed by atoms with Gasteiger partial charge in [-0.05, 0) is 91.3 Å². The van der Waals surface area contributed by atoms with Gasteiger partial charge in [0.25, 0.3) is 0 Å². The minimum atomic E-state index is -0.920. The van der Waals surface area contributed by atoms with Crippen LogP contribution in [0.3, 0.4) is 0 Å². The third-order valence-electron chi connectivity index (χ3n) is 11.5. The number of nitrogens with zero attached hydrogens (tertiary/aromatic N) is 1. The van der Waals surface area contributed by atoms with Crippen LogP contribution in [0.5, 0.6) is 0 Å². The van der Waals surface area contributed by atoms with Gasteiger partial charge < -0.3 is 15.1 Å². The molecule has 1 fully saturated rings. The summed E-state index contributed by atoms with van der Waals surface area (Å²) in [6.45, 7) is 2.25. The first-order valence-corrected chi connectivity index (χ1v) is 15.1. The van der Waals surface area contributed by atoms with Gasteiger partial charge in [0.1, 0.15) is 0 Å². The Hall–Kier alpha value is -2.95. The Bertz CT molecular complexity index is 1480. The van der Waals surface area contributed by atoms with Gasteiger partial charge in [-0.2, -0.15) is 0 Å². The Morgan fingerprint density at radius 1 is 1.02 bits per heavy atom. The van der Waals surface area contributed by atoms with Gasteiger partial charge in [-0.1, -0.05) is 66.1 Å². The van der Waals surface area contributed by atoms with Crippen molar-refractivity contribution in [2.24, 2.45) is 16.7 Å². The number of anilines is 1. The number of allylic oxidation sites excluding steroid dienone is 4. The summed E-state index contributed by atoms with van der Waals surface area (Å²) in [5.41, 5.74) is 9.73. The Kier molecular flexibility index (Phi) is 5.86. The fraction of sp³-hybridized carbons (Fsp3) is 0.472. The van der Waals surface area contributed by atoms with Gasteiger partial charge in [-0.15, -0.1) is 0 Å². The lowest BCUT2D eigenvalue weighted by atomic mass is 9.45. The average molecular weight is 536 g/mol. The van der Waals surface area contributed by atoms with E-state index in [2.05, 4.69) is 68.4 Å². The summed E-state index contributed by atoms with van der Waals surface area (Å²) in [4.78, 5) is 14.8. The van der Waals surface area contributed by atoms with E-state index >= 15 is 0 Å². The van der Waals surface area contributed by atoms with Crippen molar-refractivity contribution in [1.29, 1.82) is 0 Å². The summed E-state index contributed by atoms with van der Waals surface area (Å²) in [5.74, 6) is 0.875. The third-order valence-corrected chi connectivity index (χ3v) is 11.5. The number of ketones is 1. The van der Waals surface area contributed by atoms with Gasteiger partial charge in [-0.3, -0.25) is 4.79 Å². The van der Waals surface area contributed by atoms with Crippen LogP contribution >= 0.6 is 0 Å². The number of rotatable bonds is 4. The Labute approximate surface area is 238 Å². The van der Waals surface area contributed by atoms with Crippen LogP contribution < -0.4 is 4.90 Å². The molecule has 4 heteroatoms. The van der Waals surface area contributed by atoms with Crippen LogP contribution in [-0.4, -0.2) is 42.3 Å². The first kappa shape index (κ1) is 26.0. The largest absolute Gasteiger partial charge is 0.392 e. The molecule has 0 radical (unpaired) electrons. The summed E-state index contributed by atoms with van der Waals surface area (Å²) in [6, 6.07) is 15.8. The number of carbonyl (C=O) groups excluding carboxylic acids is 1. The van der Waals surface area contributed by atoms with Crippen molar-refractivity contribution in [3.8, 4) is 11.1 Å². The maximum atomic E-state index is 12.7. The van der Waals surface area contributed by atoms with Gasteiger partial charge >= 0.3 is 0 Å². The maximum Gasteiger partial charge on any atom is 0.155 e. The van der Waals surface area contributed by atoms with Crippen LogP contribution in [0.1, 0.15) is 68.9 Å². The average Bonchev–Trinajstić information content (AvgIpc) is 3.22. The normalized spacial score (nSPS) is 34.2. The number of hydrogen-bond acceptors (Lipinski definition) is 4. The highest BCUT2D eigenvalue weighted by atomic mass is 16.3. The molecule has 2 aromatic rings. The van der Waals surface area contributed by atoms with Gasteiger partial charge in [0.15, 0.2) is 5.78 Å². The number of hydrogen-bond donors (Lipinski definition) is 2. The molecular formula is C36H41NO3. The topological polar surface area (TPSA) is 60.8 Å². The molecule has 5 aliphatic rings. The zero-order chi connectivity index (χ0) is 27.9. The highest BCUT2D eigenvalue weighted by molar-refractivity contribution is 5.92. The van der Waals surface area contributed by atoms with E-state index in [1.54, 1.807) is 17.2 Å². The lowest BCUT2D eigenvalue weighted by Gasteiger charge is -2.59. The minimum Gasteiger partial charge on any atom is -0.392 e. The van der Waals surface area contributed by atoms with E-state index in [1.165, 1.54) is 33.5 Å². The lowest BCUT2D eigenvalue weighted by Crippen LogP contribution is -2.52. The quantitative estimate of drug-likeness (QED) is 0.438. The second-order valence-corrected chi connectivity index (χ2v) is 13.5. The molecule has 2 N–H and O–H groups in total. The number of aliphatic hydroxyl groups excluding tert-OH is 1. The molecule has 208 valence electrons. The molecule has 2 aromatic carbocycles. The number of benzene rings is 2. The summed E-state index contributed by atoms with van der Waals surface area (Å²) in [7, 11) is 4.13. The van der Waals surface area contributed by atoms with Crippen molar-refractivity contribution >= 4 is 11.5 Å². The van der Waals surface area contributed by atoms with Crippen LogP contribution in [-0.2, 0) is 11.2 Å². The molecule has 0 saturated heterocycles. The molecule has 1 saturated carbocycles. The smallest absolute Gasteiger partial charge is 0.155 e. The highest BCUT2D eigenvalue weighted by Crippen LogP contribution is 2.70. The van der Waals surface area contributed by atoms with Crippen molar-refractivity contribution < 1.29 is 15.0 Å². The Balaban J connectivity index is 1.40. The van der Waals surface area contributed by atoms with Crippen molar-refractivity contribution in [3.05, 3.63) is 88.5 Å². The van der Waals surface area contributed by atoms with Gasteiger partial charge in [0.2, 0.25) is 0 Å². The lowest BCUT2D eigenvalue weighted by molar-refractivity contribution is -0.115. The fourth-order valence-electron chi connectivity index (χ4n) is 9.47. The monoisotopic (exact) mass is 535 g/mol. The van der Waals surface area contributed by atoms with Crippen LogP contribution in [0.25, 0.3) is 11.1 Å². The first-order valence-electron chi connectivity index (χ1n) is 15.1. The molecule has 5 atom stereocenters. The maximum absolute atomic E-state index is 12.7. The predicted molar refractivity (Wildman–Crippen MR) is 160 cm³/mol. The standard InChI is InChI=1S/C36H41NO3/c1-34-22-31-29-11-7-24(23-5-9-27(10-6-23)37(2)3)19-25(29)21-35-16-13-28(39)20-26(35)8-12-30(33(31)35)32(34)14-17-36(34,40)15-4-18-38/h4-7,9-11,15,19-20,31-32,38,40H,8,12-14,16-18,21-22H2,1-3H3/b15-4-/t31?,32-,34-,35+,36-/m0/s1. The zero-order valence-corrected chi connectivity index (χ0v) is 24.0. The molecule has 0 aliphatic heterocycles. The van der Waals surface area contributed by atoms with Crippen molar-refractivity contribution in [2.75, 3.05) is 25.6 Å². The SMILES string of the molecule is CN(C)c1ccc(-c2ccc3c(c2)C[C@]24CCC(=O)C=C2CCC2=C4C3C[C@@]3(C)[C@H]2CC[C@@]3(O)/C=C\CO)cc1. The van der Waals surface area contributed by atoms with Gasteiger partial charge in [0, 0.05) is 43.0 Å². The third kappa shape index (κ3) is 3.55. The van der Waals surface area contributed by atoms with E-state index in [0.29, 0.717) is 12.3 Å². The van der Waals surface area contributed by atoms with E-state index in [-0.39, 0.29) is 29.1 Å². The van der Waals surface area contributed by atoms with Crippen molar-refractivity contribution in [2.45, 2.75) is 69.8 Å². The zero-order valence-electron chi connectivity index (χ0n) is 24.0. The molecule has 7 rings (SSSR count). The second kappa shape index (κ2) is 9.03. The molecular weight excluding hydrogens is 494 g/mol. The number of fused-ring (bicyclic) bond motifs is 4. The molecule has 0 heterocycles. The summed E-state index contributed by atoms with van der Waals surface area (Å²) in [5, 5.41) is 21.6. The van der Waals surface area contributed by atoms with Crippen LogP contribution in [0, 0.1) is 16.7 Å². The van der Waals surface area contributed by atoms with E-state index in [1.807, 2.05) is 12.2 Å². The molecule has 1 unspecified atom stereocenters. The molecule has 0 amide bonds. The van der Waals surface area contributed by atoms with E-state index < -0.39 is 5.60 Å². The minimum absolute atomic E-state index is 0.0488. The fourth-order valence-corrected chi connectivity index (χ4v) is 9.47. The van der Waals surface area contributed by atoms with Crippen LogP contribution in [0.4, 0.5) is 5.69 Å². The van der Waals surface area contributed by atoms with E-state index in [4.69, 9.17) is 0 Å². The Morgan fingerprint density at radius 2 is 1.80 bits per heavy atom. The predicted octanol–water partition coefficient (Wildman–Crippen LogP) is 6.53. The number of aliphatic hydroxyl groups is 2. The van der Waals surface area contributed by atoms with Gasteiger partial charge in [0.05, 0.1) is 12.2 Å². The van der Waals surface area contributed by atoms with E-state index in [0.717, 1.165) is 44.9 Å².